The predicted molar refractivity (Wildman–Crippen MR) is 113 cm³/mol. The number of rotatable bonds is 3. The zero-order chi connectivity index (χ0) is 19.7. The van der Waals surface area contributed by atoms with Crippen molar-refractivity contribution in [2.75, 3.05) is 11.9 Å². The lowest BCUT2D eigenvalue weighted by atomic mass is 10.00. The molecule has 2 aromatic carbocycles. The molecule has 3 aromatic rings. The van der Waals surface area contributed by atoms with E-state index in [9.17, 15) is 10.1 Å². The van der Waals surface area contributed by atoms with Crippen LogP contribution in [-0.2, 0) is 6.54 Å². The van der Waals surface area contributed by atoms with E-state index in [1.807, 2.05) is 55.6 Å². The topological polar surface area (TPSA) is 63.3 Å². The Morgan fingerprint density at radius 1 is 1.14 bits per heavy atom. The smallest absolute Gasteiger partial charge is 0.269 e. The van der Waals surface area contributed by atoms with Crippen molar-refractivity contribution in [2.24, 2.45) is 0 Å². The van der Waals surface area contributed by atoms with Gasteiger partial charge in [-0.1, -0.05) is 30.3 Å². The Hall–Kier alpha value is -3.19. The van der Waals surface area contributed by atoms with Crippen LogP contribution in [0, 0.1) is 17.0 Å². The van der Waals surface area contributed by atoms with E-state index >= 15 is 0 Å². The molecule has 1 unspecified atom stereocenters. The molecular formula is C21H20N4O2S. The van der Waals surface area contributed by atoms with E-state index < -0.39 is 0 Å². The van der Waals surface area contributed by atoms with Gasteiger partial charge in [-0.15, -0.1) is 0 Å². The summed E-state index contributed by atoms with van der Waals surface area (Å²) in [5.74, 6) is 0. The summed E-state index contributed by atoms with van der Waals surface area (Å²) in [5.41, 5.74) is 4.07. The molecule has 1 aliphatic heterocycles. The van der Waals surface area contributed by atoms with Crippen LogP contribution in [0.3, 0.4) is 0 Å². The summed E-state index contributed by atoms with van der Waals surface area (Å²) >= 11 is 5.75. The summed E-state index contributed by atoms with van der Waals surface area (Å²) in [6.45, 7) is 3.56. The standard InChI is InChI=1S/C21H20N4O2S/c1-15-6-2-3-9-18(15)22-21(28)24-13-12-23-11-5-10-19(23)20(24)16-7-4-8-17(14-16)25(26)27/h2-11,14,20H,12-13H2,1H3,(H,22,28). The number of anilines is 1. The van der Waals surface area contributed by atoms with E-state index in [1.165, 1.54) is 6.07 Å². The van der Waals surface area contributed by atoms with Crippen LogP contribution in [0.4, 0.5) is 11.4 Å². The van der Waals surface area contributed by atoms with Gasteiger partial charge in [-0.2, -0.15) is 0 Å². The van der Waals surface area contributed by atoms with Gasteiger partial charge >= 0.3 is 0 Å². The van der Waals surface area contributed by atoms with Crippen molar-refractivity contribution in [3.05, 3.63) is 93.8 Å². The number of thiocarbonyl (C=S) groups is 1. The van der Waals surface area contributed by atoms with Gasteiger partial charge < -0.3 is 14.8 Å². The molecule has 7 heteroatoms. The summed E-state index contributed by atoms with van der Waals surface area (Å²) in [6, 6.07) is 18.6. The van der Waals surface area contributed by atoms with Gasteiger partial charge in [0.15, 0.2) is 5.11 Å². The monoisotopic (exact) mass is 392 g/mol. The highest BCUT2D eigenvalue weighted by atomic mass is 32.1. The fourth-order valence-electron chi connectivity index (χ4n) is 3.66. The second-order valence-corrected chi connectivity index (χ2v) is 7.21. The largest absolute Gasteiger partial charge is 0.348 e. The van der Waals surface area contributed by atoms with Crippen molar-refractivity contribution < 1.29 is 4.92 Å². The Kier molecular flexibility index (Phi) is 4.83. The van der Waals surface area contributed by atoms with Crippen LogP contribution >= 0.6 is 12.2 Å². The summed E-state index contributed by atoms with van der Waals surface area (Å²) < 4.78 is 2.18. The van der Waals surface area contributed by atoms with Gasteiger partial charge in [-0.25, -0.2) is 0 Å². The normalized spacial score (nSPS) is 15.8. The highest BCUT2D eigenvalue weighted by Gasteiger charge is 2.31. The third-order valence-electron chi connectivity index (χ3n) is 5.08. The Labute approximate surface area is 168 Å². The molecule has 0 bridgehead atoms. The van der Waals surface area contributed by atoms with Gasteiger partial charge in [0.05, 0.1) is 11.0 Å². The third-order valence-corrected chi connectivity index (χ3v) is 5.42. The lowest BCUT2D eigenvalue weighted by Crippen LogP contribution is -2.44. The minimum atomic E-state index is -0.361. The molecular weight excluding hydrogens is 372 g/mol. The molecule has 6 nitrogen and oxygen atoms in total. The van der Waals surface area contributed by atoms with Gasteiger partial charge in [-0.3, -0.25) is 10.1 Å². The number of nitrogens with zero attached hydrogens (tertiary/aromatic N) is 3. The first-order valence-corrected chi connectivity index (χ1v) is 9.48. The maximum absolute atomic E-state index is 11.3. The van der Waals surface area contributed by atoms with Gasteiger partial charge in [-0.05, 0) is 48.5 Å². The highest BCUT2D eigenvalue weighted by Crippen LogP contribution is 2.34. The van der Waals surface area contributed by atoms with Crippen LogP contribution in [0.2, 0.25) is 0 Å². The Morgan fingerprint density at radius 3 is 2.75 bits per heavy atom. The first-order valence-electron chi connectivity index (χ1n) is 9.07. The van der Waals surface area contributed by atoms with Crippen molar-refractivity contribution in [3.63, 3.8) is 0 Å². The lowest BCUT2D eigenvalue weighted by molar-refractivity contribution is -0.384. The number of para-hydroxylation sites is 1. The molecule has 0 radical (unpaired) electrons. The molecule has 0 amide bonds. The maximum Gasteiger partial charge on any atom is 0.269 e. The average molecular weight is 392 g/mol. The average Bonchev–Trinajstić information content (AvgIpc) is 3.17. The zero-order valence-corrected chi connectivity index (χ0v) is 16.2. The number of fused-ring (bicyclic) bond motifs is 1. The third kappa shape index (κ3) is 3.36. The minimum absolute atomic E-state index is 0.0823. The quantitative estimate of drug-likeness (QED) is 0.404. The number of nitro groups is 1. The number of nitrogens with one attached hydrogen (secondary N) is 1. The summed E-state index contributed by atoms with van der Waals surface area (Å²) in [6.07, 6.45) is 2.04. The molecule has 1 N–H and O–H groups in total. The number of non-ortho nitro benzene ring substituents is 1. The maximum atomic E-state index is 11.3. The fourth-order valence-corrected chi connectivity index (χ4v) is 3.97. The molecule has 4 rings (SSSR count). The Balaban J connectivity index is 1.72. The number of hydrogen-bond donors (Lipinski definition) is 1. The van der Waals surface area contributed by atoms with Gasteiger partial charge in [0.1, 0.15) is 0 Å². The molecule has 28 heavy (non-hydrogen) atoms. The molecule has 0 saturated heterocycles. The highest BCUT2D eigenvalue weighted by molar-refractivity contribution is 7.80. The van der Waals surface area contributed by atoms with E-state index in [2.05, 4.69) is 14.8 Å². The molecule has 0 aliphatic carbocycles. The van der Waals surface area contributed by atoms with Crippen LogP contribution in [0.5, 0.6) is 0 Å². The Bertz CT molecular complexity index is 1050. The molecule has 2 heterocycles. The lowest BCUT2D eigenvalue weighted by Gasteiger charge is -2.39. The SMILES string of the molecule is Cc1ccccc1NC(=S)N1CCn2cccc2C1c1cccc([N+](=O)[O-])c1. The second kappa shape index (κ2) is 7.44. The summed E-state index contributed by atoms with van der Waals surface area (Å²) in [5, 5.41) is 15.2. The van der Waals surface area contributed by atoms with Crippen molar-refractivity contribution in [2.45, 2.75) is 19.5 Å². The summed E-state index contributed by atoms with van der Waals surface area (Å²) in [4.78, 5) is 13.0. The predicted octanol–water partition coefficient (Wildman–Crippen LogP) is 4.51. The zero-order valence-electron chi connectivity index (χ0n) is 15.4. The molecule has 1 aromatic heterocycles. The molecule has 0 fully saturated rings. The number of aryl methyl sites for hydroxylation is 1. The fraction of sp³-hybridized carbons (Fsp3) is 0.190. The molecule has 1 atom stereocenters. The van der Waals surface area contributed by atoms with Crippen molar-refractivity contribution in [1.29, 1.82) is 0 Å². The van der Waals surface area contributed by atoms with E-state index in [1.54, 1.807) is 12.1 Å². The van der Waals surface area contributed by atoms with Crippen molar-refractivity contribution >= 4 is 28.7 Å². The van der Waals surface area contributed by atoms with Gasteiger partial charge in [0, 0.05) is 42.8 Å². The molecule has 0 spiro atoms. The van der Waals surface area contributed by atoms with E-state index in [0.29, 0.717) is 11.7 Å². The number of nitro benzene ring substituents is 1. The van der Waals surface area contributed by atoms with Crippen molar-refractivity contribution in [3.8, 4) is 0 Å². The van der Waals surface area contributed by atoms with Crippen LogP contribution in [0.15, 0.2) is 66.9 Å². The van der Waals surface area contributed by atoms with Gasteiger partial charge in [0.25, 0.3) is 5.69 Å². The number of hydrogen-bond acceptors (Lipinski definition) is 3. The first kappa shape index (κ1) is 18.2. The van der Waals surface area contributed by atoms with Crippen LogP contribution in [-0.4, -0.2) is 26.0 Å². The minimum Gasteiger partial charge on any atom is -0.348 e. The van der Waals surface area contributed by atoms with Crippen LogP contribution in [0.25, 0.3) is 0 Å². The Morgan fingerprint density at radius 2 is 1.96 bits per heavy atom. The molecule has 142 valence electrons. The first-order chi connectivity index (χ1) is 13.5. The number of aromatic nitrogens is 1. The number of benzene rings is 2. The van der Waals surface area contributed by atoms with Gasteiger partial charge in [0.2, 0.25) is 0 Å². The van der Waals surface area contributed by atoms with Crippen molar-refractivity contribution in [1.82, 2.24) is 9.47 Å². The summed E-state index contributed by atoms with van der Waals surface area (Å²) in [7, 11) is 0. The van der Waals surface area contributed by atoms with E-state index in [4.69, 9.17) is 12.2 Å². The van der Waals surface area contributed by atoms with E-state index in [-0.39, 0.29) is 16.7 Å². The molecule has 0 saturated carbocycles. The molecule has 1 aliphatic rings. The second-order valence-electron chi connectivity index (χ2n) is 6.82. The van der Waals surface area contributed by atoms with Crippen LogP contribution < -0.4 is 5.32 Å². The van der Waals surface area contributed by atoms with Crippen LogP contribution in [0.1, 0.15) is 22.9 Å². The van der Waals surface area contributed by atoms with E-state index in [0.717, 1.165) is 29.1 Å².